The van der Waals surface area contributed by atoms with Crippen LogP contribution < -0.4 is 20.7 Å². The van der Waals surface area contributed by atoms with Crippen molar-refractivity contribution in [2.45, 2.75) is 46.6 Å². The molecule has 4 heterocycles. The molecular formula is C31H38N6O4. The number of rotatable bonds is 8. The highest BCUT2D eigenvalue weighted by molar-refractivity contribution is 5.99. The molecule has 1 aromatic carbocycles. The fourth-order valence-corrected chi connectivity index (χ4v) is 5.87. The molecule has 5 rings (SSSR count). The predicted molar refractivity (Wildman–Crippen MR) is 160 cm³/mol. The van der Waals surface area contributed by atoms with Crippen LogP contribution in [0, 0.1) is 6.92 Å². The minimum absolute atomic E-state index is 0.152. The van der Waals surface area contributed by atoms with Gasteiger partial charge in [0.15, 0.2) is 0 Å². The van der Waals surface area contributed by atoms with Crippen LogP contribution in [0.4, 0.5) is 16.3 Å². The van der Waals surface area contributed by atoms with E-state index in [9.17, 15) is 19.5 Å². The average molecular weight is 559 g/mol. The van der Waals surface area contributed by atoms with Crippen LogP contribution in [0.1, 0.15) is 53.0 Å². The van der Waals surface area contributed by atoms with Gasteiger partial charge in [-0.3, -0.25) is 9.59 Å². The summed E-state index contributed by atoms with van der Waals surface area (Å²) in [5, 5.41) is 12.2. The minimum atomic E-state index is -0.891. The highest BCUT2D eigenvalue weighted by atomic mass is 16.4. The van der Waals surface area contributed by atoms with Crippen molar-refractivity contribution >= 4 is 23.5 Å². The highest BCUT2D eigenvalue weighted by Gasteiger charge is 2.26. The number of hydrogen-bond donors (Lipinski definition) is 3. The van der Waals surface area contributed by atoms with Crippen LogP contribution >= 0.6 is 0 Å². The number of aromatic amines is 1. The Morgan fingerprint density at radius 3 is 2.49 bits per heavy atom. The first-order valence-corrected chi connectivity index (χ1v) is 14.4. The van der Waals surface area contributed by atoms with Crippen molar-refractivity contribution in [1.82, 2.24) is 20.2 Å². The second-order valence-electron chi connectivity index (χ2n) is 10.7. The molecule has 0 atom stereocenters. The Hall–Kier alpha value is -4.34. The van der Waals surface area contributed by atoms with Gasteiger partial charge in [-0.15, -0.1) is 0 Å². The lowest BCUT2D eigenvalue weighted by Gasteiger charge is -2.33. The number of pyridine rings is 2. The van der Waals surface area contributed by atoms with Crippen LogP contribution in [-0.2, 0) is 19.4 Å². The minimum Gasteiger partial charge on any atom is -0.465 e. The maximum atomic E-state index is 13.6. The first kappa shape index (κ1) is 28.2. The normalized spacial score (nSPS) is 14.8. The van der Waals surface area contributed by atoms with Gasteiger partial charge < -0.3 is 30.1 Å². The Bertz CT molecular complexity index is 1490. The number of amides is 2. The van der Waals surface area contributed by atoms with Gasteiger partial charge in [0.1, 0.15) is 5.82 Å². The van der Waals surface area contributed by atoms with Crippen LogP contribution in [0.5, 0.6) is 0 Å². The molecule has 1 saturated heterocycles. The zero-order chi connectivity index (χ0) is 29.1. The second-order valence-corrected chi connectivity index (χ2v) is 10.7. The van der Waals surface area contributed by atoms with Crippen molar-refractivity contribution in [2.24, 2.45) is 0 Å². The van der Waals surface area contributed by atoms with Gasteiger partial charge >= 0.3 is 6.09 Å². The number of likely N-dealkylation sites (N-methyl/N-ethyl adjacent to an activating group) is 1. The summed E-state index contributed by atoms with van der Waals surface area (Å²) in [4.78, 5) is 50.9. The lowest BCUT2D eigenvalue weighted by molar-refractivity contribution is 0.0950. The number of carbonyl (C=O) groups excluding carboxylic acids is 1. The molecule has 3 N–H and O–H groups in total. The molecule has 10 heteroatoms. The summed E-state index contributed by atoms with van der Waals surface area (Å²) in [5.74, 6) is 0.615. The number of piperazine rings is 1. The number of benzene rings is 1. The molecule has 1 fully saturated rings. The number of carboxylic acid groups (broad SMARTS) is 1. The lowest BCUT2D eigenvalue weighted by atomic mass is 9.97. The van der Waals surface area contributed by atoms with Crippen molar-refractivity contribution in [2.75, 3.05) is 49.1 Å². The number of carbonyl (C=O) groups is 2. The van der Waals surface area contributed by atoms with E-state index >= 15 is 0 Å². The van der Waals surface area contributed by atoms with Crippen molar-refractivity contribution in [3.63, 3.8) is 0 Å². The van der Waals surface area contributed by atoms with Crippen LogP contribution in [0.3, 0.4) is 0 Å². The van der Waals surface area contributed by atoms with Crippen LogP contribution in [0.25, 0.3) is 11.1 Å². The quantitative estimate of drug-likeness (QED) is 0.384. The number of nitrogens with zero attached hydrogens (tertiary/aromatic N) is 4. The second kappa shape index (κ2) is 12.0. The molecule has 0 radical (unpaired) electrons. The van der Waals surface area contributed by atoms with Gasteiger partial charge in [-0.25, -0.2) is 9.78 Å². The molecule has 41 heavy (non-hydrogen) atoms. The summed E-state index contributed by atoms with van der Waals surface area (Å²) in [6, 6.07) is 10.0. The monoisotopic (exact) mass is 558 g/mol. The summed E-state index contributed by atoms with van der Waals surface area (Å²) in [6.45, 7) is 10.0. The fourth-order valence-electron chi connectivity index (χ4n) is 5.87. The Kier molecular flexibility index (Phi) is 8.28. The summed E-state index contributed by atoms with van der Waals surface area (Å²) < 4.78 is 0. The van der Waals surface area contributed by atoms with E-state index in [1.165, 1.54) is 4.90 Å². The standard InChI is InChI=1S/C31H38N6O4/c1-4-6-21-15-20(3)34-30(39)26(21)19-33-29(38)25-16-23(17-27-24(25)9-10-35(27)5-2)22-7-8-28(32-18-22)36-11-13-37(14-12-36)31(40)41/h7-8,15-18H,4-6,9-14,19H2,1-3H3,(H,33,38)(H,34,39)(H,40,41). The fraction of sp³-hybridized carbons (Fsp3) is 0.419. The molecule has 0 spiro atoms. The first-order chi connectivity index (χ1) is 19.8. The van der Waals surface area contributed by atoms with Gasteiger partial charge in [-0.05, 0) is 73.7 Å². The Labute approximate surface area is 240 Å². The van der Waals surface area contributed by atoms with E-state index < -0.39 is 6.09 Å². The molecule has 2 aliphatic heterocycles. The first-order valence-electron chi connectivity index (χ1n) is 14.4. The number of fused-ring (bicyclic) bond motifs is 1. The molecule has 0 bridgehead atoms. The molecule has 2 aliphatic rings. The lowest BCUT2D eigenvalue weighted by Crippen LogP contribution is -2.48. The van der Waals surface area contributed by atoms with E-state index in [1.807, 2.05) is 37.4 Å². The highest BCUT2D eigenvalue weighted by Crippen LogP contribution is 2.36. The summed E-state index contributed by atoms with van der Waals surface area (Å²) in [6.07, 6.45) is 3.41. The largest absolute Gasteiger partial charge is 0.465 e. The van der Waals surface area contributed by atoms with Gasteiger partial charge in [-0.2, -0.15) is 0 Å². The molecule has 216 valence electrons. The summed E-state index contributed by atoms with van der Waals surface area (Å²) in [5.41, 5.74) is 6.77. The number of H-pyrrole nitrogens is 1. The van der Waals surface area contributed by atoms with Crippen molar-refractivity contribution in [3.05, 3.63) is 74.8 Å². The Morgan fingerprint density at radius 2 is 1.83 bits per heavy atom. The van der Waals surface area contributed by atoms with Gasteiger partial charge in [0.25, 0.3) is 11.5 Å². The smallest absolute Gasteiger partial charge is 0.407 e. The van der Waals surface area contributed by atoms with Gasteiger partial charge in [-0.1, -0.05) is 13.3 Å². The third-order valence-electron chi connectivity index (χ3n) is 8.09. The van der Waals surface area contributed by atoms with E-state index in [-0.39, 0.29) is 18.0 Å². The maximum absolute atomic E-state index is 13.6. The summed E-state index contributed by atoms with van der Waals surface area (Å²) in [7, 11) is 0. The SMILES string of the molecule is CCCc1cc(C)[nH]c(=O)c1CNC(=O)c1cc(-c2ccc(N3CCN(C(=O)O)CC3)nc2)cc2c1CCN2CC. The van der Waals surface area contributed by atoms with E-state index in [4.69, 9.17) is 0 Å². The van der Waals surface area contributed by atoms with Gasteiger partial charge in [0.2, 0.25) is 0 Å². The van der Waals surface area contributed by atoms with E-state index in [0.29, 0.717) is 37.3 Å². The van der Waals surface area contributed by atoms with Crippen molar-refractivity contribution in [3.8, 4) is 11.1 Å². The molecular weight excluding hydrogens is 520 g/mol. The van der Waals surface area contributed by atoms with Crippen LogP contribution in [-0.4, -0.2) is 71.2 Å². The molecule has 0 aliphatic carbocycles. The number of hydrogen-bond acceptors (Lipinski definition) is 6. The van der Waals surface area contributed by atoms with E-state index in [1.54, 1.807) is 0 Å². The zero-order valence-corrected chi connectivity index (χ0v) is 24.0. The average Bonchev–Trinajstić information content (AvgIpc) is 3.39. The van der Waals surface area contributed by atoms with Gasteiger partial charge in [0, 0.05) is 80.1 Å². The molecule has 0 saturated carbocycles. The van der Waals surface area contributed by atoms with Crippen LogP contribution in [0.2, 0.25) is 0 Å². The molecule has 3 aromatic rings. The van der Waals surface area contributed by atoms with Gasteiger partial charge in [0.05, 0.1) is 0 Å². The molecule has 2 aromatic heterocycles. The topological polar surface area (TPSA) is 122 Å². The summed E-state index contributed by atoms with van der Waals surface area (Å²) >= 11 is 0. The molecule has 0 unspecified atom stereocenters. The van der Waals surface area contributed by atoms with Crippen LogP contribution in [0.15, 0.2) is 41.3 Å². The van der Waals surface area contributed by atoms with E-state index in [2.05, 4.69) is 45.0 Å². The number of nitrogens with one attached hydrogen (secondary N) is 2. The third-order valence-corrected chi connectivity index (χ3v) is 8.09. The number of aryl methyl sites for hydroxylation is 2. The maximum Gasteiger partial charge on any atom is 0.407 e. The molecule has 10 nitrogen and oxygen atoms in total. The van der Waals surface area contributed by atoms with Crippen molar-refractivity contribution < 1.29 is 14.7 Å². The third kappa shape index (κ3) is 5.91. The van der Waals surface area contributed by atoms with Crippen molar-refractivity contribution in [1.29, 1.82) is 0 Å². The van der Waals surface area contributed by atoms with E-state index in [0.717, 1.165) is 71.8 Å². The number of aromatic nitrogens is 2. The number of anilines is 2. The Morgan fingerprint density at radius 1 is 1.05 bits per heavy atom. The predicted octanol–water partition coefficient (Wildman–Crippen LogP) is 3.81. The zero-order valence-electron chi connectivity index (χ0n) is 24.0. The Balaban J connectivity index is 1.40. The molecule has 2 amide bonds.